The minimum atomic E-state index is -4.32. The van der Waals surface area contributed by atoms with E-state index < -0.39 is 7.82 Å². The van der Waals surface area contributed by atoms with E-state index in [-0.39, 0.29) is 0 Å². The lowest BCUT2D eigenvalue weighted by Gasteiger charge is -2.27. The first-order valence-corrected chi connectivity index (χ1v) is 24.5. The number of hydrogen-bond donors (Lipinski definition) is 0. The largest absolute Gasteiger partial charge is 0.647 e. The molecule has 0 aromatic heterocycles. The highest BCUT2D eigenvalue weighted by molar-refractivity contribution is 7.49. The molecule has 0 aliphatic carbocycles. The minimum Gasteiger partial charge on any atom is -0.386 e. The Kier molecular flexibility index (Phi) is 20.7. The Morgan fingerprint density at radius 1 is 0.375 bits per heavy atom. The molecule has 56 heavy (non-hydrogen) atoms. The summed E-state index contributed by atoms with van der Waals surface area (Å²) in [4.78, 5) is 0. The van der Waals surface area contributed by atoms with Crippen LogP contribution in [0.25, 0.3) is 0 Å². The monoisotopic (exact) mass is 789 g/mol. The molecule has 0 radical (unpaired) electrons. The molecule has 0 atom stereocenters. The van der Waals surface area contributed by atoms with Crippen LogP contribution in [0.4, 0.5) is 0 Å². The van der Waals surface area contributed by atoms with Crippen molar-refractivity contribution in [1.82, 2.24) is 0 Å². The lowest BCUT2D eigenvalue weighted by Crippen LogP contribution is -2.14. The van der Waals surface area contributed by atoms with Crippen molar-refractivity contribution in [2.24, 2.45) is 0 Å². The summed E-state index contributed by atoms with van der Waals surface area (Å²) in [5.41, 5.74) is 11.6. The molecule has 0 fully saturated rings. The van der Waals surface area contributed by atoms with Crippen molar-refractivity contribution < 1.29 is 18.1 Å². The third-order valence-electron chi connectivity index (χ3n) is 11.5. The molecule has 3 aromatic carbocycles. The molecule has 0 aliphatic heterocycles. The van der Waals surface area contributed by atoms with E-state index in [2.05, 4.69) is 101 Å². The Morgan fingerprint density at radius 3 is 0.786 bits per heavy atom. The maximum absolute atomic E-state index is 16.0. The van der Waals surface area contributed by atoms with Gasteiger partial charge in [-0.25, -0.2) is 0 Å². The van der Waals surface area contributed by atoms with Crippen molar-refractivity contribution in [3.05, 3.63) is 86.5 Å². The predicted octanol–water partition coefficient (Wildman–Crippen LogP) is 16.8. The molecule has 0 saturated heterocycles. The van der Waals surface area contributed by atoms with Gasteiger partial charge in [0.1, 0.15) is 17.2 Å². The molecule has 0 unspecified atom stereocenters. The van der Waals surface area contributed by atoms with Crippen molar-refractivity contribution in [2.45, 2.75) is 216 Å². The van der Waals surface area contributed by atoms with Gasteiger partial charge in [0.05, 0.1) is 0 Å². The standard InChI is InChI=1S/C51H81O4P/c1-13-19-25-43-40(37(7)8)31-34-49(46(43)28-22-16-4)53-56(52,54-50-35-32-41(38(9)10)44(26-20-14-2)47(50)29-23-17-5)55-51-36-33-42(39(11)12)45(27-21-15-3)48(51)30-24-18-6/h31-39H,13-30H2,1-12H3. The van der Waals surface area contributed by atoms with E-state index in [1.807, 2.05) is 18.2 Å². The van der Waals surface area contributed by atoms with Crippen molar-refractivity contribution in [2.75, 3.05) is 0 Å². The average molecular weight is 789 g/mol. The van der Waals surface area contributed by atoms with Crippen LogP contribution in [0.1, 0.15) is 228 Å². The van der Waals surface area contributed by atoms with Gasteiger partial charge in [-0.1, -0.05) is 140 Å². The fourth-order valence-electron chi connectivity index (χ4n) is 8.19. The van der Waals surface area contributed by atoms with Gasteiger partial charge in [0.25, 0.3) is 0 Å². The molecule has 4 nitrogen and oxygen atoms in total. The quantitative estimate of drug-likeness (QED) is 0.0722. The fraction of sp³-hybridized carbons (Fsp3) is 0.647. The maximum atomic E-state index is 16.0. The van der Waals surface area contributed by atoms with Crippen LogP contribution in [0.15, 0.2) is 36.4 Å². The molecule has 0 bridgehead atoms. The molecule has 0 spiro atoms. The highest BCUT2D eigenvalue weighted by atomic mass is 31.2. The Labute approximate surface area is 344 Å². The van der Waals surface area contributed by atoms with E-state index in [0.717, 1.165) is 132 Å². The van der Waals surface area contributed by atoms with Crippen LogP contribution in [0.2, 0.25) is 0 Å². The van der Waals surface area contributed by atoms with Gasteiger partial charge in [-0.15, -0.1) is 0 Å². The zero-order valence-electron chi connectivity index (χ0n) is 38.0. The van der Waals surface area contributed by atoms with Gasteiger partial charge in [-0.05, 0) is 163 Å². The van der Waals surface area contributed by atoms with E-state index in [9.17, 15) is 0 Å². The molecule has 0 N–H and O–H groups in total. The lowest BCUT2D eigenvalue weighted by molar-refractivity contribution is 0.294. The summed E-state index contributed by atoms with van der Waals surface area (Å²) in [6.45, 7) is 27.1. The Hall–Kier alpha value is -2.71. The number of hydrogen-bond acceptors (Lipinski definition) is 4. The van der Waals surface area contributed by atoms with E-state index >= 15 is 4.57 Å². The molecule has 3 aromatic rings. The molecule has 0 amide bonds. The van der Waals surface area contributed by atoms with Gasteiger partial charge in [-0.3, -0.25) is 0 Å². The van der Waals surface area contributed by atoms with Crippen molar-refractivity contribution in [1.29, 1.82) is 0 Å². The van der Waals surface area contributed by atoms with Crippen LogP contribution >= 0.6 is 7.82 Å². The Morgan fingerprint density at radius 2 is 0.589 bits per heavy atom. The summed E-state index contributed by atoms with van der Waals surface area (Å²) in [5.74, 6) is 3.03. The summed E-state index contributed by atoms with van der Waals surface area (Å²) in [5, 5.41) is 0. The Bertz CT molecular complexity index is 1480. The highest BCUT2D eigenvalue weighted by Crippen LogP contribution is 2.54. The van der Waals surface area contributed by atoms with Gasteiger partial charge < -0.3 is 13.6 Å². The lowest BCUT2D eigenvalue weighted by atomic mass is 9.88. The third kappa shape index (κ3) is 13.2. The molecule has 314 valence electrons. The van der Waals surface area contributed by atoms with Gasteiger partial charge in [0, 0.05) is 0 Å². The van der Waals surface area contributed by atoms with Crippen LogP contribution in [0.5, 0.6) is 17.2 Å². The molecule has 0 saturated carbocycles. The summed E-state index contributed by atoms with van der Waals surface area (Å²) in [7, 11) is -4.32. The second-order valence-corrected chi connectivity index (χ2v) is 18.6. The molecule has 3 rings (SSSR count). The first-order chi connectivity index (χ1) is 26.9. The number of rotatable bonds is 27. The first-order valence-electron chi connectivity index (χ1n) is 23.0. The zero-order chi connectivity index (χ0) is 41.3. The van der Waals surface area contributed by atoms with E-state index in [0.29, 0.717) is 35.0 Å². The fourth-order valence-corrected chi connectivity index (χ4v) is 9.54. The third-order valence-corrected chi connectivity index (χ3v) is 12.7. The van der Waals surface area contributed by atoms with Crippen LogP contribution in [-0.2, 0) is 43.1 Å². The predicted molar refractivity (Wildman–Crippen MR) is 243 cm³/mol. The van der Waals surface area contributed by atoms with Gasteiger partial charge in [0.2, 0.25) is 0 Å². The van der Waals surface area contributed by atoms with Crippen LogP contribution in [0.3, 0.4) is 0 Å². The zero-order valence-corrected chi connectivity index (χ0v) is 38.9. The molecular weight excluding hydrogens is 708 g/mol. The number of phosphoric acid groups is 1. The molecule has 0 heterocycles. The van der Waals surface area contributed by atoms with Crippen LogP contribution in [-0.4, -0.2) is 0 Å². The molecular formula is C51H81O4P. The minimum absolute atomic E-state index is 0.375. The van der Waals surface area contributed by atoms with Gasteiger partial charge >= 0.3 is 7.82 Å². The number of benzene rings is 3. The van der Waals surface area contributed by atoms with Gasteiger partial charge in [-0.2, -0.15) is 4.57 Å². The molecule has 0 aliphatic rings. The van der Waals surface area contributed by atoms with Gasteiger partial charge in [0.15, 0.2) is 0 Å². The summed E-state index contributed by atoms with van der Waals surface area (Å²) in [6, 6.07) is 12.7. The van der Waals surface area contributed by atoms with Crippen LogP contribution in [0, 0.1) is 0 Å². The van der Waals surface area contributed by atoms with Crippen molar-refractivity contribution in [3.8, 4) is 17.2 Å². The van der Waals surface area contributed by atoms with Crippen molar-refractivity contribution >= 4 is 7.82 Å². The molecule has 5 heteroatoms. The maximum Gasteiger partial charge on any atom is 0.647 e. The van der Waals surface area contributed by atoms with E-state index in [1.54, 1.807) is 0 Å². The second-order valence-electron chi connectivity index (χ2n) is 17.1. The SMILES string of the molecule is CCCCc1c(OP(=O)(Oc2ccc(C(C)C)c(CCCC)c2CCCC)Oc2ccc(C(C)C)c(CCCC)c2CCCC)ccc(C(C)C)c1CCCC. The van der Waals surface area contributed by atoms with E-state index in [1.165, 1.54) is 33.4 Å². The topological polar surface area (TPSA) is 44.8 Å². The summed E-state index contributed by atoms with van der Waals surface area (Å²) in [6.07, 6.45) is 18.4. The average Bonchev–Trinajstić information content (AvgIpc) is 3.16. The smallest absolute Gasteiger partial charge is 0.386 e. The summed E-state index contributed by atoms with van der Waals surface area (Å²) >= 11 is 0. The summed E-state index contributed by atoms with van der Waals surface area (Å²) < 4.78 is 36.7. The first kappa shape index (κ1) is 47.7. The number of phosphoric ester groups is 1. The highest BCUT2D eigenvalue weighted by Gasteiger charge is 2.37. The number of unbranched alkanes of at least 4 members (excludes halogenated alkanes) is 6. The van der Waals surface area contributed by atoms with Crippen molar-refractivity contribution in [3.63, 3.8) is 0 Å². The van der Waals surface area contributed by atoms with E-state index in [4.69, 9.17) is 13.6 Å². The normalized spacial score (nSPS) is 12.0. The second kappa shape index (κ2) is 24.3. The Balaban J connectivity index is 2.39. The van der Waals surface area contributed by atoms with Crippen LogP contribution < -0.4 is 13.6 Å².